The number of benzene rings is 1. The molecule has 0 bridgehead atoms. The zero-order valence-corrected chi connectivity index (χ0v) is 49.8. The highest BCUT2D eigenvalue weighted by atomic mass is 32.1. The molecule has 2 aliphatic carbocycles. The van der Waals surface area contributed by atoms with E-state index < -0.39 is 12.7 Å². The van der Waals surface area contributed by atoms with Crippen LogP contribution in [0.2, 0.25) is 0 Å². The van der Waals surface area contributed by atoms with Crippen LogP contribution < -0.4 is 21.0 Å². The average molecular weight is 1100 g/mol. The molecule has 2 saturated carbocycles. The van der Waals surface area contributed by atoms with Crippen LogP contribution in [0.15, 0.2) is 72.8 Å². The Hall–Kier alpha value is -5.01. The Bertz CT molecular complexity index is 2800. The number of thiazole rings is 1. The molecule has 3 N–H and O–H groups in total. The molecule has 3 aliphatic heterocycles. The molecule has 430 valence electrons. The number of alkyl halides is 3. The lowest BCUT2D eigenvalue weighted by Crippen LogP contribution is -2.51. The molecule has 1 aromatic carbocycles. The summed E-state index contributed by atoms with van der Waals surface area (Å²) in [6.07, 6.45) is 14.2. The number of pyridine rings is 1. The van der Waals surface area contributed by atoms with Crippen LogP contribution in [-0.2, 0) is 19.4 Å². The van der Waals surface area contributed by atoms with E-state index in [1.54, 1.807) is 11.3 Å². The highest BCUT2D eigenvalue weighted by Gasteiger charge is 2.38. The van der Waals surface area contributed by atoms with E-state index in [-0.39, 0.29) is 23.4 Å². The van der Waals surface area contributed by atoms with Gasteiger partial charge in [0.2, 0.25) is 0 Å². The van der Waals surface area contributed by atoms with E-state index in [4.69, 9.17) is 29.5 Å². The van der Waals surface area contributed by atoms with Crippen molar-refractivity contribution in [2.24, 2.45) is 23.2 Å². The standard InChI is InChI=1S/C64H92F3N11S/c1-13-15-25-63(11,12)36-55-53-33-50(20-23-58(53)77(41-64(65,66)67)62(55)54-34-52(37-68-60(54)42(3)4)75-31-29-74(30-32-75)51-21-22-51)57-40-79-59(72-57)35-56(46(9)78-27-17-16-26-69-78)71-45(8)61(43(5)6)76-28-24-48(39-76)38-73(14-2)47(10)70-44(7)49-18-19-49/h1,20,23,33-34,37,40,42-44,48-49,51,56,61,69-71H,8-10,14-19,21-22,24-32,35-36,38-39,41H2,2-7,11-12H3. The summed E-state index contributed by atoms with van der Waals surface area (Å²) in [6, 6.07) is 9.14. The number of hydrazine groups is 1. The first-order valence-corrected chi connectivity index (χ1v) is 30.8. The number of nitrogens with one attached hydrogen (secondary N) is 3. The smallest absolute Gasteiger partial charge is 0.379 e. The Labute approximate surface area is 475 Å². The van der Waals surface area contributed by atoms with Crippen LogP contribution in [0.3, 0.4) is 0 Å². The molecule has 6 heterocycles. The fourth-order valence-corrected chi connectivity index (χ4v) is 13.8. The minimum Gasteiger partial charge on any atom is -0.379 e. The Morgan fingerprint density at radius 3 is 2.37 bits per heavy atom. The number of anilines is 1. The molecule has 0 spiro atoms. The van der Waals surface area contributed by atoms with E-state index in [9.17, 15) is 0 Å². The summed E-state index contributed by atoms with van der Waals surface area (Å²) in [7, 11) is 0. The summed E-state index contributed by atoms with van der Waals surface area (Å²) >= 11 is 1.61. The van der Waals surface area contributed by atoms with Gasteiger partial charge in [-0.15, -0.1) is 23.7 Å². The number of hydrogen-bond donors (Lipinski definition) is 3. The third-order valence-corrected chi connectivity index (χ3v) is 18.5. The van der Waals surface area contributed by atoms with Crippen LogP contribution in [0.5, 0.6) is 0 Å². The number of likely N-dealkylation sites (tertiary alicyclic amines) is 1. The molecule has 0 amide bonds. The van der Waals surface area contributed by atoms with Crippen LogP contribution in [0.4, 0.5) is 18.9 Å². The number of terminal acetylenes is 1. The summed E-state index contributed by atoms with van der Waals surface area (Å²) in [5.74, 6) is 5.45. The fraction of sp³-hybridized carbons (Fsp3) is 0.625. The highest BCUT2D eigenvalue weighted by Crippen LogP contribution is 2.45. The lowest BCUT2D eigenvalue weighted by Gasteiger charge is -2.39. The normalized spacial score (nSPS) is 20.0. The van der Waals surface area contributed by atoms with Crippen molar-refractivity contribution in [1.82, 2.24) is 50.3 Å². The van der Waals surface area contributed by atoms with Crippen molar-refractivity contribution in [3.63, 3.8) is 0 Å². The van der Waals surface area contributed by atoms with Crippen molar-refractivity contribution in [2.75, 3.05) is 70.3 Å². The van der Waals surface area contributed by atoms with E-state index >= 15 is 13.2 Å². The molecule has 15 heteroatoms. The van der Waals surface area contributed by atoms with Gasteiger partial charge in [0, 0.05) is 123 Å². The molecule has 3 saturated heterocycles. The molecular weight excluding hydrogens is 1010 g/mol. The van der Waals surface area contributed by atoms with Crippen LogP contribution in [-0.4, -0.2) is 130 Å². The molecule has 5 fully saturated rings. The molecule has 4 unspecified atom stereocenters. The highest BCUT2D eigenvalue weighted by molar-refractivity contribution is 7.10. The Kier molecular flexibility index (Phi) is 18.6. The zero-order valence-electron chi connectivity index (χ0n) is 49.0. The van der Waals surface area contributed by atoms with Crippen molar-refractivity contribution >= 4 is 27.9 Å². The molecular formula is C64H92F3N11S. The molecule has 4 aromatic rings. The van der Waals surface area contributed by atoms with Gasteiger partial charge in [0.1, 0.15) is 6.54 Å². The molecule has 79 heavy (non-hydrogen) atoms. The summed E-state index contributed by atoms with van der Waals surface area (Å²) in [5.41, 5.74) is 11.4. The van der Waals surface area contributed by atoms with Crippen molar-refractivity contribution in [3.05, 3.63) is 89.1 Å². The van der Waals surface area contributed by atoms with Gasteiger partial charge >= 0.3 is 6.18 Å². The van der Waals surface area contributed by atoms with Crippen molar-refractivity contribution < 1.29 is 13.2 Å². The number of halogens is 3. The maximum absolute atomic E-state index is 15.1. The van der Waals surface area contributed by atoms with Crippen molar-refractivity contribution in [1.29, 1.82) is 0 Å². The van der Waals surface area contributed by atoms with E-state index in [0.717, 1.165) is 158 Å². The number of aromatic nitrogens is 3. The van der Waals surface area contributed by atoms with Gasteiger partial charge in [-0.3, -0.25) is 14.8 Å². The topological polar surface area (TPSA) is 83.0 Å². The van der Waals surface area contributed by atoms with E-state index in [1.807, 2.05) is 18.3 Å². The minimum atomic E-state index is -4.48. The minimum absolute atomic E-state index is 0.0309. The summed E-state index contributed by atoms with van der Waals surface area (Å²) in [4.78, 5) is 20.4. The number of piperazine rings is 1. The number of fused-ring (bicyclic) bond motifs is 1. The summed E-state index contributed by atoms with van der Waals surface area (Å²) in [5, 5.41) is 13.7. The Balaban J connectivity index is 1.02. The van der Waals surface area contributed by atoms with Crippen LogP contribution >= 0.6 is 11.3 Å². The molecule has 3 aromatic heterocycles. The van der Waals surface area contributed by atoms with Crippen LogP contribution in [0.25, 0.3) is 33.4 Å². The average Bonchev–Trinajstić information content (AvgIpc) is 4.45. The maximum Gasteiger partial charge on any atom is 0.406 e. The van der Waals surface area contributed by atoms with Gasteiger partial charge in [-0.25, -0.2) is 10.4 Å². The van der Waals surface area contributed by atoms with Gasteiger partial charge in [0.15, 0.2) is 0 Å². The molecule has 4 atom stereocenters. The predicted octanol–water partition coefficient (Wildman–Crippen LogP) is 12.4. The number of hydrogen-bond acceptors (Lipinski definition) is 11. The largest absolute Gasteiger partial charge is 0.406 e. The molecule has 11 nitrogen and oxygen atoms in total. The molecule has 9 rings (SSSR count). The Morgan fingerprint density at radius 2 is 1.72 bits per heavy atom. The lowest BCUT2D eigenvalue weighted by molar-refractivity contribution is -0.139. The third kappa shape index (κ3) is 14.4. The van der Waals surface area contributed by atoms with E-state index in [0.29, 0.717) is 54.4 Å². The van der Waals surface area contributed by atoms with Gasteiger partial charge in [0.05, 0.1) is 51.9 Å². The van der Waals surface area contributed by atoms with Crippen molar-refractivity contribution in [2.45, 2.75) is 169 Å². The second-order valence-electron chi connectivity index (χ2n) is 25.2. The summed E-state index contributed by atoms with van der Waals surface area (Å²) in [6.45, 7) is 39.8. The Morgan fingerprint density at radius 1 is 0.962 bits per heavy atom. The number of rotatable bonds is 26. The first-order chi connectivity index (χ1) is 37.7. The van der Waals surface area contributed by atoms with Gasteiger partial charge < -0.3 is 30.0 Å². The van der Waals surface area contributed by atoms with Gasteiger partial charge in [0.25, 0.3) is 0 Å². The lowest BCUT2D eigenvalue weighted by atomic mass is 9.80. The van der Waals surface area contributed by atoms with Crippen LogP contribution in [0, 0.1) is 35.5 Å². The van der Waals surface area contributed by atoms with Crippen molar-refractivity contribution in [3.8, 4) is 34.9 Å². The summed E-state index contributed by atoms with van der Waals surface area (Å²) < 4.78 is 46.9. The first kappa shape index (κ1) is 58.6. The zero-order chi connectivity index (χ0) is 56.3. The van der Waals surface area contributed by atoms with Gasteiger partial charge in [-0.2, -0.15) is 13.2 Å². The number of nitrogens with zero attached hydrogens (tertiary/aromatic N) is 8. The fourth-order valence-electron chi connectivity index (χ4n) is 13.0. The van der Waals surface area contributed by atoms with Crippen LogP contribution in [0.1, 0.15) is 135 Å². The second-order valence-corrected chi connectivity index (χ2v) is 26.2. The third-order valence-electron chi connectivity index (χ3n) is 17.7. The van der Waals surface area contributed by atoms with Gasteiger partial charge in [-0.05, 0) is 131 Å². The molecule has 5 aliphatic rings. The monoisotopic (exact) mass is 1100 g/mol. The predicted molar refractivity (Wildman–Crippen MR) is 322 cm³/mol. The SMILES string of the molecule is C#CCCC(C)(C)Cc1c(-c2cc(N3CCN(C4CC4)CC3)cnc2C(C)C)n(CC(F)(F)F)c2ccc(-c3csc(CC(NC(=C)C(C(C)C)N4CCC(CN(CC)C(=C)NC(C)C5CC5)C4)C(=C)N4CCCCN4)n3)cc12. The maximum atomic E-state index is 15.1. The quantitative estimate of drug-likeness (QED) is 0.0529. The van der Waals surface area contributed by atoms with E-state index in [1.165, 1.54) is 30.3 Å². The van der Waals surface area contributed by atoms with E-state index in [2.05, 4.69) is 126 Å². The van der Waals surface area contributed by atoms with Gasteiger partial charge in [-0.1, -0.05) is 67.3 Å². The molecule has 0 radical (unpaired) electrons. The first-order valence-electron chi connectivity index (χ1n) is 29.9. The second kappa shape index (κ2) is 25.0.